The van der Waals surface area contributed by atoms with Crippen LogP contribution in [-0.2, 0) is 25.8 Å². The number of hydrogen-bond donors (Lipinski definition) is 4. The molecule has 0 aromatic heterocycles. The lowest BCUT2D eigenvalue weighted by atomic mass is 9.94. The van der Waals surface area contributed by atoms with Crippen molar-refractivity contribution in [3.05, 3.63) is 54.1 Å². The fourth-order valence-corrected chi connectivity index (χ4v) is 7.27. The Morgan fingerprint density at radius 2 is 1.73 bits per heavy atom. The SMILES string of the molecule is CC[C@](Cc1ccccc1)(NC[C@@](C)(O)CS(=O)(=O)c1ccc2c(c1)OCO2)NC(=O)[C@@H](NC(=O)CN1CCCC1)C(C)C. The van der Waals surface area contributed by atoms with Crippen LogP contribution in [0.1, 0.15) is 52.5 Å². The largest absolute Gasteiger partial charge is 0.454 e. The zero-order valence-corrected chi connectivity index (χ0v) is 26.9. The lowest BCUT2D eigenvalue weighted by Gasteiger charge is -2.39. The van der Waals surface area contributed by atoms with Crippen molar-refractivity contribution in [3.8, 4) is 11.5 Å². The summed E-state index contributed by atoms with van der Waals surface area (Å²) in [7, 11) is -3.91. The molecule has 0 saturated carbocycles. The average Bonchev–Trinajstić information content (AvgIpc) is 3.66. The number of carbonyl (C=O) groups is 2. The predicted octanol–water partition coefficient (Wildman–Crippen LogP) is 2.23. The van der Waals surface area contributed by atoms with Gasteiger partial charge < -0.3 is 25.2 Å². The van der Waals surface area contributed by atoms with Gasteiger partial charge >= 0.3 is 0 Å². The van der Waals surface area contributed by atoms with Gasteiger partial charge in [-0.05, 0) is 62.9 Å². The molecule has 4 rings (SSSR count). The van der Waals surface area contributed by atoms with Crippen molar-refractivity contribution in [2.75, 3.05) is 38.7 Å². The number of amides is 2. The molecule has 0 aliphatic carbocycles. The fourth-order valence-electron chi connectivity index (χ4n) is 5.62. The Balaban J connectivity index is 1.50. The van der Waals surface area contributed by atoms with Crippen molar-refractivity contribution in [1.29, 1.82) is 0 Å². The lowest BCUT2D eigenvalue weighted by molar-refractivity contribution is -0.132. The first-order valence-corrected chi connectivity index (χ1v) is 16.9. The Kier molecular flexibility index (Phi) is 10.9. The van der Waals surface area contributed by atoms with Crippen molar-refractivity contribution < 1.29 is 32.6 Å². The van der Waals surface area contributed by atoms with Gasteiger partial charge in [-0.3, -0.25) is 19.8 Å². The Hall–Kier alpha value is -3.19. The second kappa shape index (κ2) is 14.3. The van der Waals surface area contributed by atoms with E-state index in [4.69, 9.17) is 9.47 Å². The molecule has 0 unspecified atom stereocenters. The zero-order chi connectivity index (χ0) is 32.0. The van der Waals surface area contributed by atoms with E-state index in [-0.39, 0.29) is 42.5 Å². The summed E-state index contributed by atoms with van der Waals surface area (Å²) in [6.07, 6.45) is 2.92. The second-order valence-electron chi connectivity index (χ2n) is 12.5. The highest BCUT2D eigenvalue weighted by Crippen LogP contribution is 2.34. The zero-order valence-electron chi connectivity index (χ0n) is 26.1. The maximum absolute atomic E-state index is 13.8. The monoisotopic (exact) mass is 630 g/mol. The smallest absolute Gasteiger partial charge is 0.244 e. The minimum absolute atomic E-state index is 0.0193. The van der Waals surface area contributed by atoms with Crippen LogP contribution in [0.4, 0.5) is 0 Å². The molecule has 2 heterocycles. The number of rotatable bonds is 15. The van der Waals surface area contributed by atoms with E-state index in [1.165, 1.54) is 25.1 Å². The molecule has 0 radical (unpaired) electrons. The maximum Gasteiger partial charge on any atom is 0.244 e. The number of hydrogen-bond acceptors (Lipinski definition) is 9. The number of likely N-dealkylation sites (tertiary alicyclic amines) is 1. The topological polar surface area (TPSA) is 146 Å². The van der Waals surface area contributed by atoms with Crippen LogP contribution in [0.15, 0.2) is 53.4 Å². The minimum Gasteiger partial charge on any atom is -0.454 e. The number of fused-ring (bicyclic) bond motifs is 1. The molecule has 0 bridgehead atoms. The summed E-state index contributed by atoms with van der Waals surface area (Å²) >= 11 is 0. The summed E-state index contributed by atoms with van der Waals surface area (Å²) < 4.78 is 37.2. The molecule has 2 aromatic carbocycles. The molecule has 12 heteroatoms. The van der Waals surface area contributed by atoms with E-state index < -0.39 is 32.9 Å². The van der Waals surface area contributed by atoms with Gasteiger partial charge in [0.15, 0.2) is 21.3 Å². The van der Waals surface area contributed by atoms with Gasteiger partial charge in [0.25, 0.3) is 0 Å². The molecule has 3 atom stereocenters. The Morgan fingerprint density at radius 1 is 1.05 bits per heavy atom. The summed E-state index contributed by atoms with van der Waals surface area (Å²) in [5.74, 6) is -0.491. The van der Waals surface area contributed by atoms with E-state index in [0.717, 1.165) is 31.5 Å². The van der Waals surface area contributed by atoms with E-state index in [1.54, 1.807) is 0 Å². The summed E-state index contributed by atoms with van der Waals surface area (Å²) in [4.78, 5) is 28.8. The molecular weight excluding hydrogens is 584 g/mol. The van der Waals surface area contributed by atoms with E-state index in [9.17, 15) is 23.1 Å². The number of ether oxygens (including phenoxy) is 2. The summed E-state index contributed by atoms with van der Waals surface area (Å²) in [5, 5.41) is 20.7. The first-order valence-electron chi connectivity index (χ1n) is 15.3. The normalized spacial score (nSPS) is 18.4. The summed E-state index contributed by atoms with van der Waals surface area (Å²) in [6, 6.07) is 13.2. The maximum atomic E-state index is 13.8. The highest BCUT2D eigenvalue weighted by molar-refractivity contribution is 7.91. The molecule has 2 aliphatic rings. The third-order valence-corrected chi connectivity index (χ3v) is 10.1. The van der Waals surface area contributed by atoms with Crippen molar-refractivity contribution >= 4 is 21.7 Å². The van der Waals surface area contributed by atoms with Crippen molar-refractivity contribution in [3.63, 3.8) is 0 Å². The minimum atomic E-state index is -3.91. The number of nitrogens with zero attached hydrogens (tertiary/aromatic N) is 1. The molecule has 4 N–H and O–H groups in total. The van der Waals surface area contributed by atoms with Crippen LogP contribution in [0.25, 0.3) is 0 Å². The average molecular weight is 631 g/mol. The van der Waals surface area contributed by atoms with Gasteiger partial charge in [0, 0.05) is 19.0 Å². The first-order chi connectivity index (χ1) is 20.8. The van der Waals surface area contributed by atoms with Gasteiger partial charge in [-0.15, -0.1) is 0 Å². The van der Waals surface area contributed by atoms with Gasteiger partial charge in [0.2, 0.25) is 18.6 Å². The van der Waals surface area contributed by atoms with E-state index in [2.05, 4.69) is 20.9 Å². The van der Waals surface area contributed by atoms with E-state index >= 15 is 0 Å². The van der Waals surface area contributed by atoms with Gasteiger partial charge in [-0.2, -0.15) is 0 Å². The third-order valence-electron chi connectivity index (χ3n) is 8.16. The van der Waals surface area contributed by atoms with Crippen LogP contribution in [-0.4, -0.2) is 86.3 Å². The molecule has 0 spiro atoms. The highest BCUT2D eigenvalue weighted by Gasteiger charge is 2.38. The van der Waals surface area contributed by atoms with Gasteiger partial charge in [-0.25, -0.2) is 8.42 Å². The molecule has 2 aliphatic heterocycles. The van der Waals surface area contributed by atoms with Crippen LogP contribution < -0.4 is 25.4 Å². The number of aliphatic hydroxyl groups is 1. The second-order valence-corrected chi connectivity index (χ2v) is 14.5. The third kappa shape index (κ3) is 8.93. The predicted molar refractivity (Wildman–Crippen MR) is 167 cm³/mol. The summed E-state index contributed by atoms with van der Waals surface area (Å²) in [6.45, 7) is 8.99. The Morgan fingerprint density at radius 3 is 2.39 bits per heavy atom. The molecule has 1 fully saturated rings. The van der Waals surface area contributed by atoms with Crippen LogP contribution in [0.5, 0.6) is 11.5 Å². The standard InChI is InChI=1S/C32H46N4O7S/c1-5-32(18-24-11-7-6-8-12-24,35-30(38)29(23(2)3)34-28(37)19-36-15-9-10-16-36)33-20-31(4,39)21-44(40,41)25-13-14-26-27(17-25)43-22-42-26/h6-8,11-14,17,23,29,33,39H,5,9-10,15-16,18-22H2,1-4H3,(H,34,37)(H,35,38)/t29-,31+,32-/m0/s1. The van der Waals surface area contributed by atoms with Crippen LogP contribution in [0.2, 0.25) is 0 Å². The molecular formula is C32H46N4O7S. The number of sulfone groups is 1. The number of carbonyl (C=O) groups excluding carboxylic acids is 2. The number of nitrogens with one attached hydrogen (secondary N) is 3. The number of benzene rings is 2. The molecule has 44 heavy (non-hydrogen) atoms. The Labute approximate surface area is 260 Å². The molecule has 11 nitrogen and oxygen atoms in total. The lowest BCUT2D eigenvalue weighted by Crippen LogP contribution is -2.66. The van der Waals surface area contributed by atoms with Gasteiger partial charge in [-0.1, -0.05) is 51.1 Å². The quantitative estimate of drug-likeness (QED) is 0.218. The van der Waals surface area contributed by atoms with Crippen molar-refractivity contribution in [1.82, 2.24) is 20.9 Å². The molecule has 2 aromatic rings. The van der Waals surface area contributed by atoms with E-state index in [1.807, 2.05) is 51.1 Å². The molecule has 2 amide bonds. The fraction of sp³-hybridized carbons (Fsp3) is 0.562. The summed E-state index contributed by atoms with van der Waals surface area (Å²) in [5.41, 5.74) is -1.80. The highest BCUT2D eigenvalue weighted by atomic mass is 32.2. The Bertz CT molecular complexity index is 1390. The van der Waals surface area contributed by atoms with Crippen molar-refractivity contribution in [2.24, 2.45) is 5.92 Å². The van der Waals surface area contributed by atoms with Crippen LogP contribution in [0, 0.1) is 5.92 Å². The van der Waals surface area contributed by atoms with Crippen LogP contribution in [0.3, 0.4) is 0 Å². The van der Waals surface area contributed by atoms with Gasteiger partial charge in [0.05, 0.1) is 28.5 Å². The molecule has 1 saturated heterocycles. The first kappa shape index (κ1) is 33.7. The molecule has 242 valence electrons. The van der Waals surface area contributed by atoms with Crippen molar-refractivity contribution in [2.45, 2.75) is 75.6 Å². The van der Waals surface area contributed by atoms with Gasteiger partial charge in [0.1, 0.15) is 6.04 Å². The van der Waals surface area contributed by atoms with Crippen LogP contribution >= 0.6 is 0 Å². The van der Waals surface area contributed by atoms with E-state index in [0.29, 0.717) is 24.3 Å².